The van der Waals surface area contributed by atoms with Crippen molar-refractivity contribution in [3.63, 3.8) is 0 Å². The average Bonchev–Trinajstić information content (AvgIpc) is 2.49. The van der Waals surface area contributed by atoms with Crippen molar-refractivity contribution in [2.75, 3.05) is 5.32 Å². The van der Waals surface area contributed by atoms with Crippen LogP contribution in [0.2, 0.25) is 5.02 Å². The number of hydrogen-bond acceptors (Lipinski definition) is 2. The van der Waals surface area contributed by atoms with Gasteiger partial charge in [0.2, 0.25) is 5.91 Å². The van der Waals surface area contributed by atoms with Gasteiger partial charge in [-0.1, -0.05) is 23.7 Å². The standard InChI is InChI=1S/C16H13ClF3NOS/c1-10(23-12-8-6-11(17)7-9-12)15(22)21-14-5-3-2-4-13(14)16(18,19)20/h2-10H,1H3,(H,21,22). The second-order valence-corrected chi connectivity index (χ2v) is 6.60. The lowest BCUT2D eigenvalue weighted by Crippen LogP contribution is -2.24. The van der Waals surface area contributed by atoms with Crippen molar-refractivity contribution < 1.29 is 18.0 Å². The van der Waals surface area contributed by atoms with Gasteiger partial charge in [0.15, 0.2) is 0 Å². The molecule has 1 amide bonds. The summed E-state index contributed by atoms with van der Waals surface area (Å²) in [5, 5.41) is 2.36. The van der Waals surface area contributed by atoms with Gasteiger partial charge in [-0.3, -0.25) is 4.79 Å². The summed E-state index contributed by atoms with van der Waals surface area (Å²) in [7, 11) is 0. The Morgan fingerprint density at radius 3 is 2.35 bits per heavy atom. The molecular weight excluding hydrogens is 347 g/mol. The summed E-state index contributed by atoms with van der Waals surface area (Å²) >= 11 is 7.02. The number of carbonyl (C=O) groups is 1. The summed E-state index contributed by atoms with van der Waals surface area (Å²) in [4.78, 5) is 12.9. The first-order chi connectivity index (χ1) is 10.8. The van der Waals surface area contributed by atoms with Gasteiger partial charge in [0.25, 0.3) is 0 Å². The van der Waals surface area contributed by atoms with Gasteiger partial charge >= 0.3 is 6.18 Å². The molecule has 0 saturated heterocycles. The Morgan fingerprint density at radius 2 is 1.74 bits per heavy atom. The largest absolute Gasteiger partial charge is 0.418 e. The third-order valence-electron chi connectivity index (χ3n) is 2.99. The van der Waals surface area contributed by atoms with Crippen LogP contribution in [0.3, 0.4) is 0 Å². The fourth-order valence-corrected chi connectivity index (χ4v) is 2.84. The highest BCUT2D eigenvalue weighted by atomic mass is 35.5. The van der Waals surface area contributed by atoms with Crippen molar-refractivity contribution in [2.45, 2.75) is 23.2 Å². The number of alkyl halides is 3. The van der Waals surface area contributed by atoms with E-state index in [0.717, 1.165) is 11.0 Å². The van der Waals surface area contributed by atoms with E-state index in [1.54, 1.807) is 31.2 Å². The molecule has 0 heterocycles. The lowest BCUT2D eigenvalue weighted by atomic mass is 10.1. The fraction of sp³-hybridized carbons (Fsp3) is 0.188. The van der Waals surface area contributed by atoms with Gasteiger partial charge in [0.05, 0.1) is 16.5 Å². The number of rotatable bonds is 4. The molecule has 0 saturated carbocycles. The summed E-state index contributed by atoms with van der Waals surface area (Å²) in [6.07, 6.45) is -4.52. The highest BCUT2D eigenvalue weighted by molar-refractivity contribution is 8.00. The minimum absolute atomic E-state index is 0.242. The van der Waals surface area contributed by atoms with Crippen LogP contribution in [0.25, 0.3) is 0 Å². The topological polar surface area (TPSA) is 29.1 Å². The highest BCUT2D eigenvalue weighted by Crippen LogP contribution is 2.35. The van der Waals surface area contributed by atoms with E-state index in [0.29, 0.717) is 5.02 Å². The summed E-state index contributed by atoms with van der Waals surface area (Å²) in [5.41, 5.74) is -1.11. The Kier molecular flexibility index (Phi) is 5.59. The lowest BCUT2D eigenvalue weighted by molar-refractivity contribution is -0.137. The number of halogens is 4. The molecule has 122 valence electrons. The second kappa shape index (κ2) is 7.27. The number of para-hydroxylation sites is 1. The third kappa shape index (κ3) is 4.91. The highest BCUT2D eigenvalue weighted by Gasteiger charge is 2.33. The molecule has 0 fully saturated rings. The zero-order chi connectivity index (χ0) is 17.0. The van der Waals surface area contributed by atoms with E-state index in [1.807, 2.05) is 0 Å². The van der Waals surface area contributed by atoms with E-state index < -0.39 is 22.9 Å². The van der Waals surface area contributed by atoms with Crippen LogP contribution < -0.4 is 5.32 Å². The third-order valence-corrected chi connectivity index (χ3v) is 4.35. The normalized spacial score (nSPS) is 12.7. The number of thioether (sulfide) groups is 1. The molecule has 2 aromatic rings. The van der Waals surface area contributed by atoms with Crippen molar-refractivity contribution >= 4 is 35.0 Å². The molecule has 1 unspecified atom stereocenters. The molecule has 7 heteroatoms. The van der Waals surface area contributed by atoms with Gasteiger partial charge < -0.3 is 5.32 Å². The average molecular weight is 360 g/mol. The molecule has 2 nitrogen and oxygen atoms in total. The minimum Gasteiger partial charge on any atom is -0.325 e. The van der Waals surface area contributed by atoms with E-state index >= 15 is 0 Å². The SMILES string of the molecule is CC(Sc1ccc(Cl)cc1)C(=O)Nc1ccccc1C(F)(F)F. The van der Waals surface area contributed by atoms with Crippen molar-refractivity contribution in [1.29, 1.82) is 0 Å². The van der Waals surface area contributed by atoms with Crippen LogP contribution in [0.4, 0.5) is 18.9 Å². The Labute approximate surface area is 141 Å². The quantitative estimate of drug-likeness (QED) is 0.732. The zero-order valence-corrected chi connectivity index (χ0v) is 13.6. The summed E-state index contributed by atoms with van der Waals surface area (Å²) < 4.78 is 38.7. The van der Waals surface area contributed by atoms with Gasteiger partial charge in [-0.2, -0.15) is 13.2 Å². The Balaban J connectivity index is 2.08. The number of anilines is 1. The van der Waals surface area contributed by atoms with Crippen molar-refractivity contribution in [1.82, 2.24) is 0 Å². The van der Waals surface area contributed by atoms with Crippen LogP contribution in [0, 0.1) is 0 Å². The number of benzene rings is 2. The molecule has 0 aliphatic rings. The van der Waals surface area contributed by atoms with Crippen molar-refractivity contribution in [2.24, 2.45) is 0 Å². The number of hydrogen-bond donors (Lipinski definition) is 1. The molecule has 2 aromatic carbocycles. The Morgan fingerprint density at radius 1 is 1.13 bits per heavy atom. The van der Waals surface area contributed by atoms with Crippen molar-refractivity contribution in [3.8, 4) is 0 Å². The number of nitrogens with one attached hydrogen (secondary N) is 1. The smallest absolute Gasteiger partial charge is 0.325 e. The molecule has 0 radical (unpaired) electrons. The van der Waals surface area contributed by atoms with Crippen LogP contribution in [0.5, 0.6) is 0 Å². The lowest BCUT2D eigenvalue weighted by Gasteiger charge is -2.16. The Bertz CT molecular complexity index is 688. The number of carbonyl (C=O) groups excluding carboxylic acids is 1. The van der Waals surface area contributed by atoms with Gasteiger partial charge in [-0.05, 0) is 43.3 Å². The second-order valence-electron chi connectivity index (χ2n) is 4.75. The van der Waals surface area contributed by atoms with Crippen LogP contribution in [-0.2, 0) is 11.0 Å². The molecule has 1 atom stereocenters. The summed E-state index contributed by atoms with van der Waals surface area (Å²) in [6.45, 7) is 1.63. The zero-order valence-electron chi connectivity index (χ0n) is 12.0. The first-order valence-corrected chi connectivity index (χ1v) is 7.92. The Hall–Kier alpha value is -1.66. The molecule has 0 bridgehead atoms. The van der Waals surface area contributed by atoms with Gasteiger partial charge in [0, 0.05) is 9.92 Å². The molecule has 23 heavy (non-hydrogen) atoms. The fourth-order valence-electron chi connectivity index (χ4n) is 1.84. The van der Waals surface area contributed by atoms with Gasteiger partial charge in [0.1, 0.15) is 0 Å². The van der Waals surface area contributed by atoms with Crippen molar-refractivity contribution in [3.05, 3.63) is 59.1 Å². The minimum atomic E-state index is -4.52. The van der Waals surface area contributed by atoms with Gasteiger partial charge in [-0.15, -0.1) is 11.8 Å². The van der Waals surface area contributed by atoms with E-state index in [4.69, 9.17) is 11.6 Å². The summed E-state index contributed by atoms with van der Waals surface area (Å²) in [5.74, 6) is -0.498. The van der Waals surface area contributed by atoms with E-state index in [1.165, 1.54) is 30.0 Å². The molecule has 0 aliphatic heterocycles. The molecular formula is C16H13ClF3NOS. The summed E-state index contributed by atoms with van der Waals surface area (Å²) in [6, 6.07) is 11.8. The first-order valence-electron chi connectivity index (χ1n) is 6.66. The number of amides is 1. The van der Waals surface area contributed by atoms with E-state index in [2.05, 4.69) is 5.32 Å². The predicted octanol–water partition coefficient (Wildman–Crippen LogP) is 5.48. The predicted molar refractivity (Wildman–Crippen MR) is 86.8 cm³/mol. The van der Waals surface area contributed by atoms with Crippen LogP contribution >= 0.6 is 23.4 Å². The maximum Gasteiger partial charge on any atom is 0.418 e. The van der Waals surface area contributed by atoms with E-state index in [-0.39, 0.29) is 5.69 Å². The molecule has 0 aliphatic carbocycles. The first kappa shape index (κ1) is 17.7. The molecule has 0 spiro atoms. The maximum atomic E-state index is 12.9. The van der Waals surface area contributed by atoms with Crippen LogP contribution in [0.1, 0.15) is 12.5 Å². The maximum absolute atomic E-state index is 12.9. The molecule has 1 N–H and O–H groups in total. The monoisotopic (exact) mass is 359 g/mol. The van der Waals surface area contributed by atoms with Gasteiger partial charge in [-0.25, -0.2) is 0 Å². The molecule has 2 rings (SSSR count). The van der Waals surface area contributed by atoms with Crippen LogP contribution in [0.15, 0.2) is 53.4 Å². The van der Waals surface area contributed by atoms with Crippen LogP contribution in [-0.4, -0.2) is 11.2 Å². The van der Waals surface area contributed by atoms with E-state index in [9.17, 15) is 18.0 Å². The molecule has 0 aromatic heterocycles.